The minimum Gasteiger partial charge on any atom is -0.493 e. The fourth-order valence-corrected chi connectivity index (χ4v) is 4.64. The first-order chi connectivity index (χ1) is 19.2. The second-order valence-electron chi connectivity index (χ2n) is 9.42. The Labute approximate surface area is 228 Å². The first kappa shape index (κ1) is 27.2. The lowest BCUT2D eigenvalue weighted by molar-refractivity contribution is -0.137. The van der Waals surface area contributed by atoms with Gasteiger partial charge in [-0.1, -0.05) is 17.3 Å². The number of benzene rings is 2. The van der Waals surface area contributed by atoms with Gasteiger partial charge in [0, 0.05) is 37.1 Å². The molecule has 3 heterocycles. The molecule has 0 unspecified atom stereocenters. The van der Waals surface area contributed by atoms with Gasteiger partial charge in [-0.05, 0) is 49.2 Å². The van der Waals surface area contributed by atoms with Crippen LogP contribution in [0.4, 0.5) is 13.2 Å². The zero-order valence-electron chi connectivity index (χ0n) is 22.1. The highest BCUT2D eigenvalue weighted by molar-refractivity contribution is 5.76. The van der Waals surface area contributed by atoms with Crippen LogP contribution in [0.5, 0.6) is 11.5 Å². The van der Waals surface area contributed by atoms with E-state index >= 15 is 0 Å². The molecule has 2 aromatic carbocycles. The quantitative estimate of drug-likeness (QED) is 0.288. The lowest BCUT2D eigenvalue weighted by Crippen LogP contribution is -2.30. The van der Waals surface area contributed by atoms with Gasteiger partial charge in [-0.2, -0.15) is 23.3 Å². The summed E-state index contributed by atoms with van der Waals surface area (Å²) < 4.78 is 56.5. The van der Waals surface area contributed by atoms with Gasteiger partial charge < -0.3 is 18.9 Å². The molecule has 0 aliphatic carbocycles. The maximum absolute atomic E-state index is 13.0. The Bertz CT molecular complexity index is 1480. The number of nitrogens with zero attached hydrogens (tertiary/aromatic N) is 5. The van der Waals surface area contributed by atoms with Crippen molar-refractivity contribution in [2.75, 3.05) is 20.8 Å². The van der Waals surface area contributed by atoms with Crippen LogP contribution in [-0.4, -0.2) is 51.5 Å². The highest BCUT2D eigenvalue weighted by Crippen LogP contribution is 2.32. The van der Waals surface area contributed by atoms with E-state index in [1.165, 1.54) is 12.1 Å². The summed E-state index contributed by atoms with van der Waals surface area (Å²) >= 11 is 0. The second-order valence-corrected chi connectivity index (χ2v) is 9.42. The van der Waals surface area contributed by atoms with Crippen LogP contribution in [0.15, 0.2) is 53.1 Å². The fraction of sp³-hybridized carbons (Fsp3) is 0.357. The predicted molar refractivity (Wildman–Crippen MR) is 138 cm³/mol. The number of fused-ring (bicyclic) bond motifs is 1. The van der Waals surface area contributed by atoms with Gasteiger partial charge in [-0.25, -0.2) is 0 Å². The van der Waals surface area contributed by atoms with Gasteiger partial charge in [-0.3, -0.25) is 9.48 Å². The van der Waals surface area contributed by atoms with Crippen molar-refractivity contribution in [2.45, 2.75) is 44.9 Å². The molecule has 0 saturated heterocycles. The van der Waals surface area contributed by atoms with Crippen molar-refractivity contribution in [1.29, 1.82) is 0 Å². The number of hydrogen-bond acceptors (Lipinski definition) is 7. The van der Waals surface area contributed by atoms with Crippen LogP contribution >= 0.6 is 0 Å². The van der Waals surface area contributed by atoms with Crippen molar-refractivity contribution >= 4 is 5.91 Å². The summed E-state index contributed by atoms with van der Waals surface area (Å²) in [4.78, 5) is 19.2. The molecule has 40 heavy (non-hydrogen) atoms. The topological polar surface area (TPSA) is 95.5 Å². The van der Waals surface area contributed by atoms with Crippen LogP contribution in [0.25, 0.3) is 22.6 Å². The molecule has 0 N–H and O–H groups in total. The molecule has 0 radical (unpaired) electrons. The predicted octanol–water partition coefficient (Wildman–Crippen LogP) is 5.39. The molecule has 0 saturated carbocycles. The summed E-state index contributed by atoms with van der Waals surface area (Å²) in [5, 5.41) is 8.61. The van der Waals surface area contributed by atoms with E-state index in [1.807, 2.05) is 16.8 Å². The van der Waals surface area contributed by atoms with Crippen LogP contribution in [-0.2, 0) is 30.5 Å². The van der Waals surface area contributed by atoms with Crippen molar-refractivity contribution in [1.82, 2.24) is 24.8 Å². The average Bonchev–Trinajstić information content (AvgIpc) is 3.54. The normalized spacial score (nSPS) is 13.6. The molecule has 0 bridgehead atoms. The first-order valence-electron chi connectivity index (χ1n) is 12.8. The minimum absolute atomic E-state index is 0.00496. The number of aromatic nitrogens is 4. The van der Waals surface area contributed by atoms with Gasteiger partial charge in [0.1, 0.15) is 0 Å². The number of rotatable bonds is 8. The van der Waals surface area contributed by atoms with Gasteiger partial charge in [0.15, 0.2) is 11.5 Å². The SMILES string of the molecule is COc1ccc(-c2noc(CCCC(=O)N3CCCn4nc(-c5ccc(C(F)(F)F)cc5)cc4C3)n2)cc1OC. The molecule has 2 aromatic heterocycles. The van der Waals surface area contributed by atoms with E-state index in [-0.39, 0.29) is 5.91 Å². The number of halogens is 3. The second kappa shape index (κ2) is 11.4. The van der Waals surface area contributed by atoms with E-state index in [9.17, 15) is 18.0 Å². The van der Waals surface area contributed by atoms with Crippen LogP contribution < -0.4 is 9.47 Å². The molecule has 9 nitrogen and oxygen atoms in total. The molecule has 0 spiro atoms. The zero-order chi connectivity index (χ0) is 28.3. The minimum atomic E-state index is -4.39. The van der Waals surface area contributed by atoms with E-state index in [0.29, 0.717) is 73.4 Å². The lowest BCUT2D eigenvalue weighted by Gasteiger charge is -2.19. The molecular weight excluding hydrogens is 527 g/mol. The molecule has 1 aliphatic rings. The summed E-state index contributed by atoms with van der Waals surface area (Å²) in [7, 11) is 3.11. The van der Waals surface area contributed by atoms with Crippen molar-refractivity contribution < 1.29 is 32.0 Å². The van der Waals surface area contributed by atoms with E-state index < -0.39 is 11.7 Å². The highest BCUT2D eigenvalue weighted by Gasteiger charge is 2.30. The number of ether oxygens (including phenoxy) is 2. The third-order valence-corrected chi connectivity index (χ3v) is 6.77. The maximum atomic E-state index is 13.0. The van der Waals surface area contributed by atoms with Crippen molar-refractivity contribution in [3.8, 4) is 34.1 Å². The standard InChI is InChI=1S/C28H28F3N5O4/c1-38-23-12-9-19(15-24(23)39-2)27-32-25(40-34-27)5-3-6-26(37)35-13-4-14-36-21(17-35)16-22(33-36)18-7-10-20(11-8-18)28(29,30)31/h7-12,15-16H,3-6,13-14,17H2,1-2H3. The average molecular weight is 556 g/mol. The van der Waals surface area contributed by atoms with Crippen molar-refractivity contribution in [3.63, 3.8) is 0 Å². The van der Waals surface area contributed by atoms with Gasteiger partial charge in [0.05, 0.1) is 37.7 Å². The van der Waals surface area contributed by atoms with Crippen molar-refractivity contribution in [3.05, 3.63) is 65.7 Å². The largest absolute Gasteiger partial charge is 0.493 e. The number of methoxy groups -OCH3 is 2. The smallest absolute Gasteiger partial charge is 0.416 e. The third kappa shape index (κ3) is 5.95. The van der Waals surface area contributed by atoms with Crippen LogP contribution in [0, 0.1) is 0 Å². The highest BCUT2D eigenvalue weighted by atomic mass is 19.4. The van der Waals surface area contributed by atoms with Gasteiger partial charge in [0.2, 0.25) is 17.6 Å². The van der Waals surface area contributed by atoms with E-state index in [4.69, 9.17) is 14.0 Å². The van der Waals surface area contributed by atoms with Crippen LogP contribution in [0.1, 0.15) is 36.4 Å². The Morgan fingerprint density at radius 3 is 2.48 bits per heavy atom. The van der Waals surface area contributed by atoms with E-state index in [0.717, 1.165) is 29.8 Å². The Morgan fingerprint density at radius 1 is 1.00 bits per heavy atom. The molecule has 0 atom stereocenters. The van der Waals surface area contributed by atoms with Crippen LogP contribution in [0.3, 0.4) is 0 Å². The Kier molecular flexibility index (Phi) is 7.76. The summed E-state index contributed by atoms with van der Waals surface area (Å²) in [6.45, 7) is 1.61. The first-order valence-corrected chi connectivity index (χ1v) is 12.8. The van der Waals surface area contributed by atoms with Gasteiger partial charge >= 0.3 is 6.18 Å². The van der Waals surface area contributed by atoms with Gasteiger partial charge in [0.25, 0.3) is 0 Å². The Morgan fingerprint density at radius 2 is 1.75 bits per heavy atom. The summed E-state index contributed by atoms with van der Waals surface area (Å²) in [5.41, 5.74) is 2.04. The summed E-state index contributed by atoms with van der Waals surface area (Å²) in [6.07, 6.45) is -2.35. The lowest BCUT2D eigenvalue weighted by atomic mass is 10.1. The summed E-state index contributed by atoms with van der Waals surface area (Å²) in [5.74, 6) is 2.02. The number of hydrogen-bond donors (Lipinski definition) is 0. The third-order valence-electron chi connectivity index (χ3n) is 6.77. The van der Waals surface area contributed by atoms with E-state index in [2.05, 4.69) is 15.2 Å². The van der Waals surface area contributed by atoms with Crippen molar-refractivity contribution in [2.24, 2.45) is 0 Å². The molecule has 0 fully saturated rings. The Hall–Kier alpha value is -4.35. The summed E-state index contributed by atoms with van der Waals surface area (Å²) in [6, 6.07) is 12.1. The monoisotopic (exact) mass is 555 g/mol. The number of carbonyl (C=O) groups is 1. The van der Waals surface area contributed by atoms with Gasteiger partial charge in [-0.15, -0.1) is 0 Å². The number of carbonyl (C=O) groups excluding carboxylic acids is 1. The molecule has 4 aromatic rings. The molecule has 5 rings (SSSR count). The molecule has 12 heteroatoms. The number of aryl methyl sites for hydroxylation is 2. The fourth-order valence-electron chi connectivity index (χ4n) is 4.64. The molecule has 1 amide bonds. The maximum Gasteiger partial charge on any atom is 0.416 e. The molecular formula is C28H28F3N5O4. The van der Waals surface area contributed by atoms with Crippen LogP contribution in [0.2, 0.25) is 0 Å². The molecule has 210 valence electrons. The number of alkyl halides is 3. The molecule has 1 aliphatic heterocycles. The number of amides is 1. The van der Waals surface area contributed by atoms with E-state index in [1.54, 1.807) is 31.3 Å². The zero-order valence-corrected chi connectivity index (χ0v) is 22.1. The Balaban J connectivity index is 1.17.